The van der Waals surface area contributed by atoms with Crippen molar-refractivity contribution in [2.24, 2.45) is 11.7 Å². The molecule has 0 aromatic rings. The zero-order chi connectivity index (χ0) is 11.4. The van der Waals surface area contributed by atoms with Crippen LogP contribution < -0.4 is 11.1 Å². The second-order valence-electron chi connectivity index (χ2n) is 3.70. The van der Waals surface area contributed by atoms with E-state index in [1.165, 1.54) is 0 Å². The third-order valence-corrected chi connectivity index (χ3v) is 2.51. The molecule has 0 aromatic carbocycles. The highest BCUT2D eigenvalue weighted by Gasteiger charge is 2.26. The lowest BCUT2D eigenvalue weighted by atomic mass is 10.1. The Balaban J connectivity index is 2.40. The van der Waals surface area contributed by atoms with Crippen LogP contribution in [0.1, 0.15) is 19.8 Å². The summed E-state index contributed by atoms with van der Waals surface area (Å²) in [6.07, 6.45) is 4.30. The first-order valence-electron chi connectivity index (χ1n) is 5.01. The van der Waals surface area contributed by atoms with E-state index in [1.807, 2.05) is 6.92 Å². The van der Waals surface area contributed by atoms with E-state index in [0.717, 1.165) is 0 Å². The van der Waals surface area contributed by atoms with E-state index >= 15 is 0 Å². The zero-order valence-electron chi connectivity index (χ0n) is 8.64. The number of nitrogens with two attached hydrogens (primary N) is 1. The molecule has 84 valence electrons. The topological polar surface area (TPSA) is 92.4 Å². The van der Waals surface area contributed by atoms with Crippen LogP contribution in [0.3, 0.4) is 0 Å². The van der Waals surface area contributed by atoms with Crippen molar-refractivity contribution in [3.63, 3.8) is 0 Å². The fourth-order valence-corrected chi connectivity index (χ4v) is 1.46. The van der Waals surface area contributed by atoms with Crippen LogP contribution in [0.2, 0.25) is 0 Å². The van der Waals surface area contributed by atoms with Crippen molar-refractivity contribution < 1.29 is 14.7 Å². The summed E-state index contributed by atoms with van der Waals surface area (Å²) in [4.78, 5) is 22.0. The summed E-state index contributed by atoms with van der Waals surface area (Å²) in [5.41, 5.74) is 5.54. The van der Waals surface area contributed by atoms with Crippen molar-refractivity contribution in [2.75, 3.05) is 0 Å². The number of carbonyl (C=O) groups excluding carboxylic acids is 1. The summed E-state index contributed by atoms with van der Waals surface area (Å²) in [6.45, 7) is 1.83. The maximum absolute atomic E-state index is 11.4. The summed E-state index contributed by atoms with van der Waals surface area (Å²) < 4.78 is 0. The van der Waals surface area contributed by atoms with E-state index in [1.54, 1.807) is 12.2 Å². The van der Waals surface area contributed by atoms with E-state index in [9.17, 15) is 9.59 Å². The third-order valence-electron chi connectivity index (χ3n) is 2.51. The Morgan fingerprint density at radius 2 is 2.27 bits per heavy atom. The number of amides is 1. The fourth-order valence-electron chi connectivity index (χ4n) is 1.46. The van der Waals surface area contributed by atoms with Gasteiger partial charge in [-0.05, 0) is 12.8 Å². The highest BCUT2D eigenvalue weighted by atomic mass is 16.4. The average molecular weight is 212 g/mol. The summed E-state index contributed by atoms with van der Waals surface area (Å²) in [6, 6.07) is -0.710. The first-order valence-corrected chi connectivity index (χ1v) is 5.01. The quantitative estimate of drug-likeness (QED) is 0.566. The molecule has 0 aromatic heterocycles. The molecule has 0 spiro atoms. The third kappa shape index (κ3) is 3.06. The second kappa shape index (κ2) is 4.93. The predicted molar refractivity (Wildman–Crippen MR) is 55.1 cm³/mol. The van der Waals surface area contributed by atoms with Gasteiger partial charge in [-0.1, -0.05) is 19.1 Å². The maximum Gasteiger partial charge on any atom is 0.310 e. The molecule has 5 nitrogen and oxygen atoms in total. The Kier molecular flexibility index (Phi) is 3.85. The number of aliphatic carboxylic acids is 1. The maximum atomic E-state index is 11.4. The first-order chi connectivity index (χ1) is 7.04. The average Bonchev–Trinajstić information content (AvgIpc) is 2.65. The minimum atomic E-state index is -0.859. The summed E-state index contributed by atoms with van der Waals surface area (Å²) in [7, 11) is 0. The van der Waals surface area contributed by atoms with Crippen molar-refractivity contribution in [3.05, 3.63) is 12.2 Å². The molecule has 1 rings (SSSR count). The van der Waals surface area contributed by atoms with Gasteiger partial charge in [0.05, 0.1) is 12.0 Å². The normalized spacial score (nSPS) is 26.3. The number of hydrogen-bond donors (Lipinski definition) is 3. The monoisotopic (exact) mass is 212 g/mol. The number of carbonyl (C=O) groups is 2. The van der Waals surface area contributed by atoms with Gasteiger partial charge in [0.25, 0.3) is 0 Å². The number of carboxylic acid groups (broad SMARTS) is 1. The standard InChI is InChI=1S/C10H16N2O3/c1-2-8(11)9(13)12-7-4-3-6(5-7)10(14)15/h3-4,6-8H,2,5,11H2,1H3,(H,12,13)(H,14,15). The molecule has 4 N–H and O–H groups in total. The molecule has 3 atom stereocenters. The van der Waals surface area contributed by atoms with Gasteiger partial charge in [-0.15, -0.1) is 0 Å². The van der Waals surface area contributed by atoms with Crippen molar-refractivity contribution in [1.29, 1.82) is 0 Å². The number of hydrogen-bond acceptors (Lipinski definition) is 3. The van der Waals surface area contributed by atoms with Crippen LogP contribution in [0.4, 0.5) is 0 Å². The molecule has 1 aliphatic carbocycles. The van der Waals surface area contributed by atoms with Crippen molar-refractivity contribution in [3.8, 4) is 0 Å². The smallest absolute Gasteiger partial charge is 0.310 e. The highest BCUT2D eigenvalue weighted by Crippen LogP contribution is 2.17. The van der Waals surface area contributed by atoms with E-state index in [4.69, 9.17) is 10.8 Å². The van der Waals surface area contributed by atoms with Crippen LogP contribution in [-0.2, 0) is 9.59 Å². The first kappa shape index (κ1) is 11.7. The lowest BCUT2D eigenvalue weighted by Crippen LogP contribution is -2.44. The van der Waals surface area contributed by atoms with Crippen LogP contribution in [0.5, 0.6) is 0 Å². The molecule has 15 heavy (non-hydrogen) atoms. The lowest BCUT2D eigenvalue weighted by molar-refractivity contribution is -0.140. The Morgan fingerprint density at radius 1 is 1.60 bits per heavy atom. The SMILES string of the molecule is CCC(N)C(=O)NC1C=CC(C(=O)O)C1. The van der Waals surface area contributed by atoms with Crippen molar-refractivity contribution in [1.82, 2.24) is 5.32 Å². The Labute approximate surface area is 88.3 Å². The van der Waals surface area contributed by atoms with Gasteiger partial charge in [-0.3, -0.25) is 9.59 Å². The number of nitrogens with one attached hydrogen (secondary N) is 1. The molecular weight excluding hydrogens is 196 g/mol. The highest BCUT2D eigenvalue weighted by molar-refractivity contribution is 5.82. The molecule has 3 unspecified atom stereocenters. The lowest BCUT2D eigenvalue weighted by Gasteiger charge is -2.15. The van der Waals surface area contributed by atoms with Gasteiger partial charge in [0.2, 0.25) is 5.91 Å². The summed E-state index contributed by atoms with van der Waals surface area (Å²) in [5.74, 6) is -1.57. The van der Waals surface area contributed by atoms with Crippen LogP contribution in [0.25, 0.3) is 0 Å². The van der Waals surface area contributed by atoms with Crippen LogP contribution in [-0.4, -0.2) is 29.1 Å². The zero-order valence-corrected chi connectivity index (χ0v) is 8.64. The Morgan fingerprint density at radius 3 is 2.73 bits per heavy atom. The molecule has 1 aliphatic rings. The molecule has 0 heterocycles. The van der Waals surface area contributed by atoms with Gasteiger partial charge in [0, 0.05) is 6.04 Å². The summed E-state index contributed by atoms with van der Waals surface area (Å²) >= 11 is 0. The van der Waals surface area contributed by atoms with Gasteiger partial charge >= 0.3 is 5.97 Å². The minimum Gasteiger partial charge on any atom is -0.481 e. The molecule has 1 amide bonds. The molecule has 0 radical (unpaired) electrons. The van der Waals surface area contributed by atoms with Gasteiger partial charge in [-0.2, -0.15) is 0 Å². The van der Waals surface area contributed by atoms with Crippen molar-refractivity contribution in [2.45, 2.75) is 31.8 Å². The molecule has 0 bridgehead atoms. The van der Waals surface area contributed by atoms with Crippen LogP contribution in [0, 0.1) is 5.92 Å². The van der Waals surface area contributed by atoms with Crippen molar-refractivity contribution >= 4 is 11.9 Å². The van der Waals surface area contributed by atoms with Gasteiger partial charge in [0.15, 0.2) is 0 Å². The van der Waals surface area contributed by atoms with Crippen LogP contribution in [0.15, 0.2) is 12.2 Å². The number of carboxylic acids is 1. The van der Waals surface area contributed by atoms with E-state index in [-0.39, 0.29) is 11.9 Å². The fraction of sp³-hybridized carbons (Fsp3) is 0.600. The summed E-state index contributed by atoms with van der Waals surface area (Å²) in [5, 5.41) is 11.4. The molecule has 0 aliphatic heterocycles. The largest absolute Gasteiger partial charge is 0.481 e. The van der Waals surface area contributed by atoms with Crippen LogP contribution >= 0.6 is 0 Å². The predicted octanol–water partition coefficient (Wildman–Crippen LogP) is -0.131. The molecule has 0 fully saturated rings. The second-order valence-corrected chi connectivity index (χ2v) is 3.70. The molecule has 0 saturated heterocycles. The molecular formula is C10H16N2O3. The van der Waals surface area contributed by atoms with E-state index in [0.29, 0.717) is 12.8 Å². The minimum absolute atomic E-state index is 0.198. The van der Waals surface area contributed by atoms with Gasteiger partial charge in [0.1, 0.15) is 0 Å². The van der Waals surface area contributed by atoms with Gasteiger partial charge in [-0.25, -0.2) is 0 Å². The Bertz CT molecular complexity index is 288. The van der Waals surface area contributed by atoms with E-state index < -0.39 is 17.9 Å². The Hall–Kier alpha value is -1.36. The molecule has 0 saturated carbocycles. The van der Waals surface area contributed by atoms with E-state index in [2.05, 4.69) is 5.32 Å². The van der Waals surface area contributed by atoms with Gasteiger partial charge < -0.3 is 16.2 Å². The number of rotatable bonds is 4. The molecule has 5 heteroatoms.